The van der Waals surface area contributed by atoms with Crippen molar-refractivity contribution in [2.75, 3.05) is 12.4 Å². The van der Waals surface area contributed by atoms with Gasteiger partial charge in [-0.2, -0.15) is 0 Å². The van der Waals surface area contributed by atoms with Crippen LogP contribution in [0.5, 0.6) is 5.75 Å². The van der Waals surface area contributed by atoms with E-state index in [1.807, 2.05) is 0 Å². The standard InChI is InChI=1S/C15H15ClN2O4S/c1-9-3-6-13(14(19)7-9)18-15(20)11-8-10(4-5-12(11)16)23(21,22)17-2/h3-8,17,19H,1-2H3,(H,18,20). The number of phenolic OH excluding ortho intramolecular Hbond substituents is 1. The van der Waals surface area contributed by atoms with E-state index in [1.165, 1.54) is 31.3 Å². The van der Waals surface area contributed by atoms with Crippen molar-refractivity contribution >= 4 is 33.2 Å². The van der Waals surface area contributed by atoms with Crippen molar-refractivity contribution in [1.29, 1.82) is 0 Å². The Balaban J connectivity index is 2.37. The fourth-order valence-electron chi connectivity index (χ4n) is 1.90. The average molecular weight is 355 g/mol. The number of nitrogens with one attached hydrogen (secondary N) is 2. The second-order valence-electron chi connectivity index (χ2n) is 4.82. The summed E-state index contributed by atoms with van der Waals surface area (Å²) in [6.45, 7) is 1.80. The molecule has 0 saturated heterocycles. The maximum Gasteiger partial charge on any atom is 0.257 e. The molecule has 0 spiro atoms. The topological polar surface area (TPSA) is 95.5 Å². The second-order valence-corrected chi connectivity index (χ2v) is 7.12. The Kier molecular flexibility index (Phi) is 4.93. The fourth-order valence-corrected chi connectivity index (χ4v) is 2.86. The molecule has 122 valence electrons. The third-order valence-corrected chi connectivity index (χ3v) is 4.90. The van der Waals surface area contributed by atoms with Gasteiger partial charge in [0.05, 0.1) is 21.2 Å². The minimum atomic E-state index is -3.70. The summed E-state index contributed by atoms with van der Waals surface area (Å²) in [6, 6.07) is 8.57. The molecule has 0 atom stereocenters. The van der Waals surface area contributed by atoms with E-state index < -0.39 is 15.9 Å². The quantitative estimate of drug-likeness (QED) is 0.735. The Morgan fingerprint density at radius 1 is 1.17 bits per heavy atom. The smallest absolute Gasteiger partial charge is 0.257 e. The molecule has 23 heavy (non-hydrogen) atoms. The van der Waals surface area contributed by atoms with Gasteiger partial charge in [-0.3, -0.25) is 4.79 Å². The lowest BCUT2D eigenvalue weighted by Crippen LogP contribution is -2.20. The van der Waals surface area contributed by atoms with Crippen LogP contribution in [0.1, 0.15) is 15.9 Å². The van der Waals surface area contributed by atoms with Crippen molar-refractivity contribution in [2.24, 2.45) is 0 Å². The number of aryl methyl sites for hydroxylation is 1. The van der Waals surface area contributed by atoms with Gasteiger partial charge < -0.3 is 10.4 Å². The molecule has 0 bridgehead atoms. The molecule has 2 aromatic carbocycles. The summed E-state index contributed by atoms with van der Waals surface area (Å²) in [5.74, 6) is -0.712. The summed E-state index contributed by atoms with van der Waals surface area (Å²) in [5.41, 5.74) is 1.03. The van der Waals surface area contributed by atoms with Gasteiger partial charge in [-0.25, -0.2) is 13.1 Å². The normalized spacial score (nSPS) is 11.3. The summed E-state index contributed by atoms with van der Waals surface area (Å²) in [6.07, 6.45) is 0. The first-order chi connectivity index (χ1) is 10.7. The van der Waals surface area contributed by atoms with Crippen LogP contribution in [0.15, 0.2) is 41.3 Å². The van der Waals surface area contributed by atoms with E-state index in [-0.39, 0.29) is 26.9 Å². The number of aromatic hydroxyl groups is 1. The number of phenols is 1. The van der Waals surface area contributed by atoms with Crippen LogP contribution in [-0.2, 0) is 10.0 Å². The van der Waals surface area contributed by atoms with E-state index in [4.69, 9.17) is 11.6 Å². The molecular formula is C15H15ClN2O4S. The highest BCUT2D eigenvalue weighted by atomic mass is 35.5. The maximum atomic E-state index is 12.3. The first-order valence-corrected chi connectivity index (χ1v) is 8.45. The van der Waals surface area contributed by atoms with Gasteiger partial charge in [0.2, 0.25) is 10.0 Å². The SMILES string of the molecule is CNS(=O)(=O)c1ccc(Cl)c(C(=O)Nc2ccc(C)cc2O)c1. The number of carbonyl (C=O) groups is 1. The van der Waals surface area contributed by atoms with Crippen molar-refractivity contribution in [2.45, 2.75) is 11.8 Å². The summed E-state index contributed by atoms with van der Waals surface area (Å²) >= 11 is 5.98. The number of halogens is 1. The number of hydrogen-bond acceptors (Lipinski definition) is 4. The highest BCUT2D eigenvalue weighted by molar-refractivity contribution is 7.89. The van der Waals surface area contributed by atoms with E-state index >= 15 is 0 Å². The van der Waals surface area contributed by atoms with Gasteiger partial charge in [0.15, 0.2) is 0 Å². The van der Waals surface area contributed by atoms with E-state index in [1.54, 1.807) is 19.1 Å². The predicted octanol–water partition coefficient (Wildman–Crippen LogP) is 2.51. The molecule has 2 aromatic rings. The van der Waals surface area contributed by atoms with Gasteiger partial charge in [0.25, 0.3) is 5.91 Å². The van der Waals surface area contributed by atoms with Crippen molar-refractivity contribution < 1.29 is 18.3 Å². The van der Waals surface area contributed by atoms with E-state index in [9.17, 15) is 18.3 Å². The van der Waals surface area contributed by atoms with Gasteiger partial charge in [-0.15, -0.1) is 0 Å². The molecule has 0 heterocycles. The van der Waals surface area contributed by atoms with Crippen LogP contribution in [0.4, 0.5) is 5.69 Å². The second kappa shape index (κ2) is 6.57. The number of amides is 1. The lowest BCUT2D eigenvalue weighted by Gasteiger charge is -2.10. The molecule has 0 aliphatic carbocycles. The monoisotopic (exact) mass is 354 g/mol. The van der Waals surface area contributed by atoms with Crippen LogP contribution in [0, 0.1) is 6.92 Å². The molecule has 0 saturated carbocycles. The number of hydrogen-bond donors (Lipinski definition) is 3. The van der Waals surface area contributed by atoms with Gasteiger partial charge >= 0.3 is 0 Å². The maximum absolute atomic E-state index is 12.3. The molecule has 6 nitrogen and oxygen atoms in total. The number of sulfonamides is 1. The summed E-state index contributed by atoms with van der Waals surface area (Å²) in [5, 5.41) is 12.4. The molecule has 0 aliphatic rings. The molecule has 8 heteroatoms. The van der Waals surface area contributed by atoms with Crippen LogP contribution < -0.4 is 10.0 Å². The Morgan fingerprint density at radius 2 is 1.87 bits per heavy atom. The molecule has 3 N–H and O–H groups in total. The summed E-state index contributed by atoms with van der Waals surface area (Å²) in [7, 11) is -2.42. The first kappa shape index (κ1) is 17.3. The number of carbonyl (C=O) groups excluding carboxylic acids is 1. The van der Waals surface area contributed by atoms with Crippen molar-refractivity contribution in [3.05, 3.63) is 52.5 Å². The van der Waals surface area contributed by atoms with Gasteiger partial charge in [-0.1, -0.05) is 17.7 Å². The third kappa shape index (κ3) is 3.82. The van der Waals surface area contributed by atoms with Gasteiger partial charge in [0.1, 0.15) is 5.75 Å². The van der Waals surface area contributed by atoms with E-state index in [2.05, 4.69) is 10.0 Å². The van der Waals surface area contributed by atoms with Crippen molar-refractivity contribution in [3.63, 3.8) is 0 Å². The summed E-state index contributed by atoms with van der Waals surface area (Å²) in [4.78, 5) is 12.2. The molecule has 0 aromatic heterocycles. The Bertz CT molecular complexity index is 866. The Labute approximate surface area is 139 Å². The molecule has 0 aliphatic heterocycles. The lowest BCUT2D eigenvalue weighted by molar-refractivity contribution is 0.102. The zero-order valence-corrected chi connectivity index (χ0v) is 14.0. The van der Waals surface area contributed by atoms with Crippen molar-refractivity contribution in [1.82, 2.24) is 4.72 Å². The zero-order valence-electron chi connectivity index (χ0n) is 12.4. The van der Waals surface area contributed by atoms with E-state index in [0.717, 1.165) is 5.56 Å². The summed E-state index contributed by atoms with van der Waals surface area (Å²) < 4.78 is 25.8. The largest absolute Gasteiger partial charge is 0.506 e. The van der Waals surface area contributed by atoms with Gasteiger partial charge in [0, 0.05) is 0 Å². The minimum Gasteiger partial charge on any atom is -0.506 e. The minimum absolute atomic E-state index is 0.0111. The van der Waals surface area contributed by atoms with Crippen LogP contribution in [0.2, 0.25) is 5.02 Å². The van der Waals surface area contributed by atoms with Crippen LogP contribution >= 0.6 is 11.6 Å². The zero-order chi connectivity index (χ0) is 17.2. The molecule has 0 fully saturated rings. The van der Waals surface area contributed by atoms with Crippen LogP contribution in [-0.4, -0.2) is 26.5 Å². The molecule has 0 radical (unpaired) electrons. The Morgan fingerprint density at radius 3 is 2.48 bits per heavy atom. The number of rotatable bonds is 4. The number of benzene rings is 2. The van der Waals surface area contributed by atoms with Crippen LogP contribution in [0.25, 0.3) is 0 Å². The predicted molar refractivity (Wildman–Crippen MR) is 88.5 cm³/mol. The third-order valence-electron chi connectivity index (χ3n) is 3.16. The lowest BCUT2D eigenvalue weighted by atomic mass is 10.2. The van der Waals surface area contributed by atoms with Crippen LogP contribution in [0.3, 0.4) is 0 Å². The fraction of sp³-hybridized carbons (Fsp3) is 0.133. The number of anilines is 1. The van der Waals surface area contributed by atoms with E-state index in [0.29, 0.717) is 0 Å². The molecule has 2 rings (SSSR count). The highest BCUT2D eigenvalue weighted by Crippen LogP contribution is 2.26. The molecule has 0 unspecified atom stereocenters. The first-order valence-electron chi connectivity index (χ1n) is 6.58. The van der Waals surface area contributed by atoms with Gasteiger partial charge in [-0.05, 0) is 49.9 Å². The molecule has 1 amide bonds. The molecular weight excluding hydrogens is 340 g/mol. The Hall–Kier alpha value is -2.09. The average Bonchev–Trinajstić information content (AvgIpc) is 2.50. The van der Waals surface area contributed by atoms with Crippen molar-refractivity contribution in [3.8, 4) is 5.75 Å². The highest BCUT2D eigenvalue weighted by Gasteiger charge is 2.18.